The van der Waals surface area contributed by atoms with Crippen LogP contribution in [0.5, 0.6) is 0 Å². The fraction of sp³-hybridized carbons (Fsp3) is 0.107. The Balaban J connectivity index is 1.48. The van der Waals surface area contributed by atoms with Crippen molar-refractivity contribution in [1.82, 2.24) is 30.4 Å². The van der Waals surface area contributed by atoms with Crippen LogP contribution < -0.4 is 16.4 Å². The summed E-state index contributed by atoms with van der Waals surface area (Å²) in [7, 11) is 0. The van der Waals surface area contributed by atoms with E-state index in [4.69, 9.17) is 0 Å². The number of carbonyl (C=O) groups is 2. The van der Waals surface area contributed by atoms with Crippen molar-refractivity contribution in [2.75, 3.05) is 0 Å². The van der Waals surface area contributed by atoms with E-state index in [1.165, 1.54) is 4.68 Å². The molecule has 9 heteroatoms. The van der Waals surface area contributed by atoms with Gasteiger partial charge in [-0.2, -0.15) is 10.2 Å². The number of benzene rings is 3. The van der Waals surface area contributed by atoms with Crippen LogP contribution in [-0.4, -0.2) is 31.4 Å². The van der Waals surface area contributed by atoms with Crippen LogP contribution in [0.25, 0.3) is 27.7 Å². The van der Waals surface area contributed by atoms with E-state index in [9.17, 15) is 14.4 Å². The van der Waals surface area contributed by atoms with Crippen LogP contribution in [0.4, 0.5) is 0 Å². The summed E-state index contributed by atoms with van der Waals surface area (Å²) in [6.07, 6.45) is 1.63. The van der Waals surface area contributed by atoms with Crippen molar-refractivity contribution in [3.63, 3.8) is 0 Å². The van der Waals surface area contributed by atoms with E-state index >= 15 is 0 Å². The summed E-state index contributed by atoms with van der Waals surface area (Å²) >= 11 is 0. The van der Waals surface area contributed by atoms with Gasteiger partial charge in [0.15, 0.2) is 5.69 Å². The number of amides is 2. The van der Waals surface area contributed by atoms with Gasteiger partial charge in [0.1, 0.15) is 5.69 Å². The standard InChI is InChI=1S/C28H24N6O3/c1-3-33-28(37)22-16-10-9-15-21(22)25(32-33)27(36)30-29-26(35)23-17-34(19-12-5-4-6-13-19)31-24(23)20-14-8-7-11-18(20)2/h4-17H,3H2,1-2H3,(H,29,35)(H,30,36). The first-order valence-corrected chi connectivity index (χ1v) is 11.8. The lowest BCUT2D eigenvalue weighted by molar-refractivity contribution is 0.0844. The van der Waals surface area contributed by atoms with Gasteiger partial charge in [-0.15, -0.1) is 0 Å². The Morgan fingerprint density at radius 3 is 2.19 bits per heavy atom. The Kier molecular flexibility index (Phi) is 6.34. The number of nitrogens with zero attached hydrogens (tertiary/aromatic N) is 4. The number of aromatic nitrogens is 4. The number of carbonyl (C=O) groups excluding carboxylic acids is 2. The Labute approximate surface area is 212 Å². The van der Waals surface area contributed by atoms with Gasteiger partial charge in [-0.3, -0.25) is 25.2 Å². The molecule has 0 atom stereocenters. The molecule has 3 aromatic carbocycles. The lowest BCUT2D eigenvalue weighted by Gasteiger charge is -2.11. The molecular formula is C28H24N6O3. The third kappa shape index (κ3) is 4.50. The molecule has 0 aliphatic heterocycles. The van der Waals surface area contributed by atoms with E-state index < -0.39 is 11.8 Å². The molecule has 0 radical (unpaired) electrons. The Morgan fingerprint density at radius 2 is 1.46 bits per heavy atom. The SMILES string of the molecule is CCn1nc(C(=O)NNC(=O)c2cn(-c3ccccc3)nc2-c2ccccc2C)c2ccccc2c1=O. The van der Waals surface area contributed by atoms with Gasteiger partial charge in [-0.25, -0.2) is 9.36 Å². The quantitative estimate of drug-likeness (QED) is 0.364. The second kappa shape index (κ2) is 9.90. The molecule has 37 heavy (non-hydrogen) atoms. The highest BCUT2D eigenvalue weighted by Crippen LogP contribution is 2.26. The van der Waals surface area contributed by atoms with E-state index in [-0.39, 0.29) is 16.8 Å². The number of rotatable bonds is 5. The Bertz CT molecular complexity index is 1690. The van der Waals surface area contributed by atoms with E-state index in [1.807, 2.05) is 61.5 Å². The minimum absolute atomic E-state index is 0.0384. The van der Waals surface area contributed by atoms with Gasteiger partial charge in [-0.1, -0.05) is 60.7 Å². The minimum Gasteiger partial charge on any atom is -0.267 e. The second-order valence-electron chi connectivity index (χ2n) is 8.41. The topological polar surface area (TPSA) is 111 Å². The summed E-state index contributed by atoms with van der Waals surface area (Å²) < 4.78 is 2.85. The number of hydrogen-bond donors (Lipinski definition) is 2. The average molecular weight is 493 g/mol. The van der Waals surface area contributed by atoms with Gasteiger partial charge in [0, 0.05) is 23.7 Å². The van der Waals surface area contributed by atoms with Crippen LogP contribution in [0.1, 0.15) is 33.3 Å². The van der Waals surface area contributed by atoms with Crippen molar-refractivity contribution in [3.05, 3.63) is 112 Å². The van der Waals surface area contributed by atoms with Crippen LogP contribution in [0, 0.1) is 6.92 Å². The van der Waals surface area contributed by atoms with Crippen LogP contribution >= 0.6 is 0 Å². The van der Waals surface area contributed by atoms with Crippen molar-refractivity contribution in [2.45, 2.75) is 20.4 Å². The van der Waals surface area contributed by atoms with Gasteiger partial charge in [0.25, 0.3) is 17.4 Å². The van der Waals surface area contributed by atoms with E-state index in [1.54, 1.807) is 42.1 Å². The number of para-hydroxylation sites is 1. The smallest absolute Gasteiger partial charge is 0.267 e. The first kappa shape index (κ1) is 23.7. The molecule has 5 aromatic rings. The lowest BCUT2D eigenvalue weighted by atomic mass is 10.0. The summed E-state index contributed by atoms with van der Waals surface area (Å²) in [6, 6.07) is 23.8. The van der Waals surface area contributed by atoms with Crippen LogP contribution in [-0.2, 0) is 6.54 Å². The summed E-state index contributed by atoms with van der Waals surface area (Å²) in [6.45, 7) is 4.01. The molecule has 184 valence electrons. The summed E-state index contributed by atoms with van der Waals surface area (Å²) in [4.78, 5) is 39.0. The lowest BCUT2D eigenvalue weighted by Crippen LogP contribution is -2.42. The number of aryl methyl sites for hydroxylation is 2. The average Bonchev–Trinajstić information content (AvgIpc) is 3.38. The van der Waals surface area contributed by atoms with Gasteiger partial charge in [0.2, 0.25) is 0 Å². The zero-order valence-corrected chi connectivity index (χ0v) is 20.3. The van der Waals surface area contributed by atoms with Crippen LogP contribution in [0.15, 0.2) is 89.9 Å². The Morgan fingerprint density at radius 1 is 0.811 bits per heavy atom. The molecule has 2 heterocycles. The second-order valence-corrected chi connectivity index (χ2v) is 8.41. The predicted octanol–water partition coefficient (Wildman–Crippen LogP) is 3.65. The van der Waals surface area contributed by atoms with Gasteiger partial charge < -0.3 is 0 Å². The molecule has 0 aliphatic carbocycles. The third-order valence-electron chi connectivity index (χ3n) is 6.05. The number of fused-ring (bicyclic) bond motifs is 1. The molecule has 2 aromatic heterocycles. The van der Waals surface area contributed by atoms with Crippen molar-refractivity contribution in [2.24, 2.45) is 0 Å². The molecule has 2 amide bonds. The monoisotopic (exact) mass is 492 g/mol. The number of hydrazine groups is 1. The molecule has 2 N–H and O–H groups in total. The molecule has 0 aliphatic rings. The van der Waals surface area contributed by atoms with Crippen LogP contribution in [0.3, 0.4) is 0 Å². The van der Waals surface area contributed by atoms with Crippen LogP contribution in [0.2, 0.25) is 0 Å². The van der Waals surface area contributed by atoms with Gasteiger partial charge in [0.05, 0.1) is 16.6 Å². The van der Waals surface area contributed by atoms with Gasteiger partial charge >= 0.3 is 0 Å². The molecule has 9 nitrogen and oxygen atoms in total. The first-order valence-electron chi connectivity index (χ1n) is 11.8. The first-order chi connectivity index (χ1) is 18.0. The summed E-state index contributed by atoms with van der Waals surface area (Å²) in [5.41, 5.74) is 8.01. The molecule has 0 fully saturated rings. The molecule has 0 spiro atoms. The third-order valence-corrected chi connectivity index (χ3v) is 6.05. The highest BCUT2D eigenvalue weighted by atomic mass is 16.2. The zero-order valence-electron chi connectivity index (χ0n) is 20.3. The molecule has 0 saturated carbocycles. The summed E-state index contributed by atoms with van der Waals surface area (Å²) in [5, 5.41) is 9.68. The molecular weight excluding hydrogens is 468 g/mol. The van der Waals surface area contributed by atoms with Crippen molar-refractivity contribution >= 4 is 22.6 Å². The van der Waals surface area contributed by atoms with E-state index in [0.717, 1.165) is 16.8 Å². The largest absolute Gasteiger partial charge is 0.290 e. The molecule has 0 unspecified atom stereocenters. The molecule has 0 saturated heterocycles. The fourth-order valence-electron chi connectivity index (χ4n) is 4.15. The van der Waals surface area contributed by atoms with Crippen molar-refractivity contribution < 1.29 is 9.59 Å². The zero-order chi connectivity index (χ0) is 25.9. The maximum atomic E-state index is 13.3. The maximum absolute atomic E-state index is 13.3. The number of nitrogens with one attached hydrogen (secondary N) is 2. The van der Waals surface area contributed by atoms with Crippen molar-refractivity contribution in [3.8, 4) is 16.9 Å². The maximum Gasteiger partial charge on any atom is 0.290 e. The predicted molar refractivity (Wildman–Crippen MR) is 140 cm³/mol. The van der Waals surface area contributed by atoms with E-state index in [0.29, 0.717) is 23.0 Å². The number of hydrogen-bond acceptors (Lipinski definition) is 5. The molecule has 5 rings (SSSR count). The highest BCUT2D eigenvalue weighted by Gasteiger charge is 2.22. The fourth-order valence-corrected chi connectivity index (χ4v) is 4.15. The van der Waals surface area contributed by atoms with E-state index in [2.05, 4.69) is 21.0 Å². The van der Waals surface area contributed by atoms with Gasteiger partial charge in [-0.05, 0) is 37.6 Å². The Hall–Kier alpha value is -5.05. The normalized spacial score (nSPS) is 10.9. The summed E-state index contributed by atoms with van der Waals surface area (Å²) in [5.74, 6) is -1.18. The van der Waals surface area contributed by atoms with Crippen molar-refractivity contribution in [1.29, 1.82) is 0 Å². The molecule has 0 bridgehead atoms. The minimum atomic E-state index is -0.639. The highest BCUT2D eigenvalue weighted by molar-refractivity contribution is 6.06.